The van der Waals surface area contributed by atoms with Crippen molar-refractivity contribution in [3.05, 3.63) is 70.1 Å². The van der Waals surface area contributed by atoms with Gasteiger partial charge in [-0.15, -0.1) is 0 Å². The van der Waals surface area contributed by atoms with Gasteiger partial charge >= 0.3 is 0 Å². The van der Waals surface area contributed by atoms with Crippen molar-refractivity contribution in [3.8, 4) is 0 Å². The Labute approximate surface area is 170 Å². The quantitative estimate of drug-likeness (QED) is 0.848. The highest BCUT2D eigenvalue weighted by molar-refractivity contribution is 5.84. The molecule has 2 aromatic rings. The highest BCUT2D eigenvalue weighted by atomic mass is 16.2. The SMILES string of the molecule is CC(NC(=O)CCC(=O)N1CC2CC(C1)c1cccc(=O)n1C2)c1ccccc1. The zero-order valence-electron chi connectivity index (χ0n) is 16.7. The lowest BCUT2D eigenvalue weighted by atomic mass is 9.83. The standard InChI is InChI=1S/C23H27N3O3/c1-16(18-6-3-2-4-7-18)24-21(27)10-11-22(28)25-13-17-12-19(15-25)20-8-5-9-23(29)26(20)14-17/h2-9,16-17,19H,10-15H2,1H3,(H,24,27). The van der Waals surface area contributed by atoms with Gasteiger partial charge in [0, 0.05) is 50.2 Å². The fourth-order valence-electron chi connectivity index (χ4n) is 4.62. The smallest absolute Gasteiger partial charge is 0.250 e. The summed E-state index contributed by atoms with van der Waals surface area (Å²) >= 11 is 0. The van der Waals surface area contributed by atoms with Crippen molar-refractivity contribution in [3.63, 3.8) is 0 Å². The van der Waals surface area contributed by atoms with Gasteiger partial charge in [0.05, 0.1) is 6.04 Å². The van der Waals surface area contributed by atoms with E-state index < -0.39 is 0 Å². The van der Waals surface area contributed by atoms with Crippen LogP contribution in [0.5, 0.6) is 0 Å². The minimum absolute atomic E-state index is 0.0222. The second kappa shape index (κ2) is 8.23. The summed E-state index contributed by atoms with van der Waals surface area (Å²) in [6.07, 6.45) is 1.43. The Morgan fingerprint density at radius 3 is 2.62 bits per heavy atom. The van der Waals surface area contributed by atoms with Gasteiger partial charge in [-0.05, 0) is 30.9 Å². The Morgan fingerprint density at radius 2 is 1.83 bits per heavy atom. The molecule has 1 aromatic carbocycles. The molecule has 1 N–H and O–H groups in total. The van der Waals surface area contributed by atoms with Crippen molar-refractivity contribution in [1.29, 1.82) is 0 Å². The van der Waals surface area contributed by atoms with E-state index in [-0.39, 0.29) is 42.2 Å². The molecule has 3 unspecified atom stereocenters. The monoisotopic (exact) mass is 393 g/mol. The maximum Gasteiger partial charge on any atom is 0.250 e. The molecule has 3 atom stereocenters. The molecule has 2 aliphatic rings. The Bertz CT molecular complexity index is 953. The van der Waals surface area contributed by atoms with Crippen LogP contribution in [0.3, 0.4) is 0 Å². The summed E-state index contributed by atoms with van der Waals surface area (Å²) in [5, 5.41) is 2.97. The number of hydrogen-bond donors (Lipinski definition) is 1. The molecule has 0 radical (unpaired) electrons. The van der Waals surface area contributed by atoms with E-state index in [4.69, 9.17) is 0 Å². The van der Waals surface area contributed by atoms with Crippen LogP contribution in [-0.4, -0.2) is 34.4 Å². The van der Waals surface area contributed by atoms with Crippen LogP contribution in [0, 0.1) is 5.92 Å². The third-order valence-electron chi connectivity index (χ3n) is 6.08. The summed E-state index contributed by atoms with van der Waals surface area (Å²) in [5.74, 6) is 0.419. The molecule has 6 nitrogen and oxygen atoms in total. The molecular weight excluding hydrogens is 366 g/mol. The van der Waals surface area contributed by atoms with Crippen LogP contribution in [0.4, 0.5) is 0 Å². The van der Waals surface area contributed by atoms with E-state index in [1.54, 1.807) is 12.1 Å². The summed E-state index contributed by atoms with van der Waals surface area (Å²) in [7, 11) is 0. The van der Waals surface area contributed by atoms with Crippen molar-refractivity contribution in [1.82, 2.24) is 14.8 Å². The van der Waals surface area contributed by atoms with Crippen LogP contribution in [0.25, 0.3) is 0 Å². The lowest BCUT2D eigenvalue weighted by Crippen LogP contribution is -2.49. The maximum absolute atomic E-state index is 12.7. The largest absolute Gasteiger partial charge is 0.350 e. The van der Waals surface area contributed by atoms with Crippen LogP contribution < -0.4 is 10.9 Å². The van der Waals surface area contributed by atoms with Gasteiger partial charge in [0.15, 0.2) is 0 Å². The number of amides is 2. The van der Waals surface area contributed by atoms with E-state index in [9.17, 15) is 14.4 Å². The Balaban J connectivity index is 1.32. The predicted molar refractivity (Wildman–Crippen MR) is 110 cm³/mol. The van der Waals surface area contributed by atoms with Crippen LogP contribution >= 0.6 is 0 Å². The average Bonchev–Trinajstić information content (AvgIpc) is 2.73. The number of piperidine rings is 1. The summed E-state index contributed by atoms with van der Waals surface area (Å²) in [6.45, 7) is 3.91. The number of nitrogens with one attached hydrogen (secondary N) is 1. The number of hydrogen-bond acceptors (Lipinski definition) is 3. The highest BCUT2D eigenvalue weighted by Crippen LogP contribution is 2.35. The molecule has 1 fully saturated rings. The number of pyridine rings is 1. The van der Waals surface area contributed by atoms with Crippen molar-refractivity contribution in [2.24, 2.45) is 5.92 Å². The van der Waals surface area contributed by atoms with Crippen LogP contribution in [0.1, 0.15) is 49.4 Å². The summed E-state index contributed by atoms with van der Waals surface area (Å²) in [4.78, 5) is 39.0. The first-order valence-electron chi connectivity index (χ1n) is 10.3. The first kappa shape index (κ1) is 19.4. The van der Waals surface area contributed by atoms with E-state index in [0.717, 1.165) is 17.7 Å². The second-order valence-electron chi connectivity index (χ2n) is 8.20. The Morgan fingerprint density at radius 1 is 1.03 bits per heavy atom. The number of carbonyl (C=O) groups excluding carboxylic acids is 2. The zero-order chi connectivity index (χ0) is 20.4. The number of fused-ring (bicyclic) bond motifs is 4. The number of nitrogens with zero attached hydrogens (tertiary/aromatic N) is 2. The lowest BCUT2D eigenvalue weighted by molar-refractivity contribution is -0.136. The Kier molecular flexibility index (Phi) is 5.51. The molecule has 0 spiro atoms. The van der Waals surface area contributed by atoms with Crippen molar-refractivity contribution in [2.45, 2.75) is 44.7 Å². The van der Waals surface area contributed by atoms with Gasteiger partial charge in [-0.1, -0.05) is 36.4 Å². The first-order chi connectivity index (χ1) is 14.0. The van der Waals surface area contributed by atoms with E-state index in [1.165, 1.54) is 0 Å². The van der Waals surface area contributed by atoms with Crippen LogP contribution in [0.15, 0.2) is 53.3 Å². The number of aromatic nitrogens is 1. The molecule has 3 heterocycles. The van der Waals surface area contributed by atoms with Gasteiger partial charge in [0.25, 0.3) is 5.56 Å². The van der Waals surface area contributed by atoms with E-state index in [1.807, 2.05) is 52.8 Å². The lowest BCUT2D eigenvalue weighted by Gasteiger charge is -2.42. The average molecular weight is 393 g/mol. The molecule has 152 valence electrons. The normalized spacial score (nSPS) is 21.2. The molecule has 2 aliphatic heterocycles. The topological polar surface area (TPSA) is 71.4 Å². The van der Waals surface area contributed by atoms with Gasteiger partial charge in [-0.25, -0.2) is 0 Å². The number of carbonyl (C=O) groups is 2. The molecule has 29 heavy (non-hydrogen) atoms. The van der Waals surface area contributed by atoms with E-state index in [0.29, 0.717) is 25.6 Å². The minimum atomic E-state index is -0.108. The number of likely N-dealkylation sites (tertiary alicyclic amines) is 1. The van der Waals surface area contributed by atoms with E-state index >= 15 is 0 Å². The van der Waals surface area contributed by atoms with Gasteiger partial charge in [0.1, 0.15) is 0 Å². The fraction of sp³-hybridized carbons (Fsp3) is 0.435. The zero-order valence-corrected chi connectivity index (χ0v) is 16.7. The van der Waals surface area contributed by atoms with Gasteiger partial charge in [0.2, 0.25) is 11.8 Å². The summed E-state index contributed by atoms with van der Waals surface area (Å²) in [6, 6.07) is 15.1. The molecule has 4 rings (SSSR count). The fourth-order valence-corrected chi connectivity index (χ4v) is 4.62. The minimum Gasteiger partial charge on any atom is -0.350 e. The molecule has 0 saturated carbocycles. The molecule has 1 aromatic heterocycles. The third kappa shape index (κ3) is 4.26. The molecule has 2 amide bonds. The summed E-state index contributed by atoms with van der Waals surface area (Å²) < 4.78 is 1.86. The first-order valence-corrected chi connectivity index (χ1v) is 10.3. The molecule has 6 heteroatoms. The number of benzene rings is 1. The van der Waals surface area contributed by atoms with Crippen molar-refractivity contribution < 1.29 is 9.59 Å². The molecular formula is C23H27N3O3. The predicted octanol–water partition coefficient (Wildman–Crippen LogP) is 2.45. The molecule has 0 aliphatic carbocycles. The Hall–Kier alpha value is -2.89. The maximum atomic E-state index is 12.7. The van der Waals surface area contributed by atoms with Crippen molar-refractivity contribution in [2.75, 3.05) is 13.1 Å². The number of rotatable bonds is 5. The van der Waals surface area contributed by atoms with Gasteiger partial charge in [-0.2, -0.15) is 0 Å². The van der Waals surface area contributed by atoms with Crippen LogP contribution in [-0.2, 0) is 16.1 Å². The second-order valence-corrected chi connectivity index (χ2v) is 8.20. The third-order valence-corrected chi connectivity index (χ3v) is 6.08. The van der Waals surface area contributed by atoms with Crippen molar-refractivity contribution >= 4 is 11.8 Å². The summed E-state index contributed by atoms with van der Waals surface area (Å²) in [5.41, 5.74) is 2.12. The highest BCUT2D eigenvalue weighted by Gasteiger charge is 2.36. The van der Waals surface area contributed by atoms with Gasteiger partial charge < -0.3 is 14.8 Å². The van der Waals surface area contributed by atoms with E-state index in [2.05, 4.69) is 5.32 Å². The van der Waals surface area contributed by atoms with Crippen LogP contribution in [0.2, 0.25) is 0 Å². The molecule has 2 bridgehead atoms. The van der Waals surface area contributed by atoms with Gasteiger partial charge in [-0.3, -0.25) is 14.4 Å². The molecule has 1 saturated heterocycles.